The van der Waals surface area contributed by atoms with E-state index < -0.39 is 18.1 Å². The number of urea groups is 1. The maximum absolute atomic E-state index is 13.6. The highest BCUT2D eigenvalue weighted by Gasteiger charge is 2.19. The SMILES string of the molecule is CO[C@@H](C)c1c(NC(=O)Nc2cnc(-n3nccn3)c(Cl)c2)cnc2cc(F)nn12. The van der Waals surface area contributed by atoms with Crippen LogP contribution < -0.4 is 10.6 Å². The molecule has 11 nitrogen and oxygen atoms in total. The van der Waals surface area contributed by atoms with Crippen LogP contribution in [0.2, 0.25) is 5.02 Å². The van der Waals surface area contributed by atoms with Crippen molar-refractivity contribution in [1.29, 1.82) is 0 Å². The zero-order valence-corrected chi connectivity index (χ0v) is 16.5. The van der Waals surface area contributed by atoms with Gasteiger partial charge >= 0.3 is 6.03 Å². The molecule has 0 bridgehead atoms. The molecule has 1 atom stereocenters. The lowest BCUT2D eigenvalue weighted by Gasteiger charge is -2.17. The number of anilines is 2. The van der Waals surface area contributed by atoms with Gasteiger partial charge in [0.2, 0.25) is 5.95 Å². The standard InChI is InChI=1S/C17H15ClFN9O2/c1-9(30-2)15-12(8-20-14-6-13(19)26-27(14)15)25-17(29)24-10-5-11(18)16(21-7-10)28-22-3-4-23-28/h3-9H,1-2H3,(H2,24,25,29)/t9-/m0/s1. The molecular weight excluding hydrogens is 417 g/mol. The molecule has 0 fully saturated rings. The third-order valence-electron chi connectivity index (χ3n) is 4.17. The summed E-state index contributed by atoms with van der Waals surface area (Å²) in [6, 6.07) is 2.10. The summed E-state index contributed by atoms with van der Waals surface area (Å²) in [5.41, 5.74) is 1.36. The average molecular weight is 432 g/mol. The third kappa shape index (κ3) is 3.77. The van der Waals surface area contributed by atoms with Gasteiger partial charge in [0, 0.05) is 13.2 Å². The molecule has 2 N–H and O–H groups in total. The van der Waals surface area contributed by atoms with Crippen LogP contribution in [0.25, 0.3) is 11.5 Å². The Hall–Kier alpha value is -3.64. The molecular formula is C17H15ClFN9O2. The van der Waals surface area contributed by atoms with Crippen molar-refractivity contribution in [3.63, 3.8) is 0 Å². The van der Waals surface area contributed by atoms with Crippen molar-refractivity contribution in [2.45, 2.75) is 13.0 Å². The predicted molar refractivity (Wildman–Crippen MR) is 105 cm³/mol. The molecule has 0 aromatic carbocycles. The van der Waals surface area contributed by atoms with Crippen molar-refractivity contribution in [3.05, 3.63) is 53.6 Å². The van der Waals surface area contributed by atoms with Crippen LogP contribution in [0.4, 0.5) is 20.6 Å². The molecule has 4 rings (SSSR count). The molecule has 30 heavy (non-hydrogen) atoms. The number of fused-ring (bicyclic) bond motifs is 1. The fraction of sp³-hybridized carbons (Fsp3) is 0.176. The fourth-order valence-corrected chi connectivity index (χ4v) is 3.02. The second-order valence-electron chi connectivity index (χ2n) is 6.10. The summed E-state index contributed by atoms with van der Waals surface area (Å²) < 4.78 is 20.2. The minimum atomic E-state index is -0.693. The van der Waals surface area contributed by atoms with Gasteiger partial charge in [-0.25, -0.2) is 19.3 Å². The number of methoxy groups -OCH3 is 1. The van der Waals surface area contributed by atoms with Crippen molar-refractivity contribution in [3.8, 4) is 5.82 Å². The molecule has 0 saturated carbocycles. The van der Waals surface area contributed by atoms with E-state index in [0.717, 1.165) is 0 Å². The van der Waals surface area contributed by atoms with Gasteiger partial charge in [-0.15, -0.1) is 9.90 Å². The Morgan fingerprint density at radius 3 is 2.67 bits per heavy atom. The monoisotopic (exact) mass is 431 g/mol. The fourth-order valence-electron chi connectivity index (χ4n) is 2.78. The van der Waals surface area contributed by atoms with Crippen LogP contribution in [0.15, 0.2) is 36.9 Å². The van der Waals surface area contributed by atoms with Gasteiger partial charge in [-0.2, -0.15) is 14.6 Å². The molecule has 13 heteroatoms. The molecule has 4 heterocycles. The first-order valence-corrected chi connectivity index (χ1v) is 9.01. The van der Waals surface area contributed by atoms with Crippen LogP contribution in [0, 0.1) is 5.95 Å². The zero-order valence-electron chi connectivity index (χ0n) is 15.7. The Morgan fingerprint density at radius 1 is 1.20 bits per heavy atom. The van der Waals surface area contributed by atoms with Gasteiger partial charge in [-0.1, -0.05) is 11.6 Å². The van der Waals surface area contributed by atoms with Crippen LogP contribution in [0.1, 0.15) is 18.7 Å². The van der Waals surface area contributed by atoms with E-state index in [9.17, 15) is 9.18 Å². The number of carbonyl (C=O) groups excluding carboxylic acids is 1. The number of halogens is 2. The first-order chi connectivity index (χ1) is 14.5. The Labute approximate surface area is 173 Å². The lowest BCUT2D eigenvalue weighted by molar-refractivity contribution is 0.114. The number of nitrogens with zero attached hydrogens (tertiary/aromatic N) is 7. The van der Waals surface area contributed by atoms with Crippen LogP contribution in [0.5, 0.6) is 0 Å². The summed E-state index contributed by atoms with van der Waals surface area (Å²) in [5, 5.41) is 17.2. The van der Waals surface area contributed by atoms with Crippen LogP contribution >= 0.6 is 11.6 Å². The summed E-state index contributed by atoms with van der Waals surface area (Å²) >= 11 is 6.21. The Kier molecular flexibility index (Phi) is 5.25. The van der Waals surface area contributed by atoms with E-state index in [1.807, 2.05) is 0 Å². The lowest BCUT2D eigenvalue weighted by atomic mass is 10.2. The number of aromatic nitrogens is 7. The summed E-state index contributed by atoms with van der Waals surface area (Å²) in [5.74, 6) is -0.375. The Bertz CT molecular complexity index is 1210. The predicted octanol–water partition coefficient (Wildman–Crippen LogP) is 2.85. The highest BCUT2D eigenvalue weighted by molar-refractivity contribution is 6.32. The minimum absolute atomic E-state index is 0.243. The van der Waals surface area contributed by atoms with Gasteiger partial charge in [0.05, 0.1) is 53.0 Å². The quantitative estimate of drug-likeness (QED) is 0.497. The molecule has 0 unspecified atom stereocenters. The van der Waals surface area contributed by atoms with Gasteiger partial charge < -0.3 is 15.4 Å². The van der Waals surface area contributed by atoms with E-state index in [1.54, 1.807) is 6.92 Å². The van der Waals surface area contributed by atoms with Crippen molar-refractivity contribution in [1.82, 2.24) is 34.6 Å². The van der Waals surface area contributed by atoms with Gasteiger partial charge in [0.15, 0.2) is 11.5 Å². The van der Waals surface area contributed by atoms with E-state index in [4.69, 9.17) is 16.3 Å². The molecule has 0 spiro atoms. The maximum atomic E-state index is 13.6. The highest BCUT2D eigenvalue weighted by Crippen LogP contribution is 2.26. The number of hydrogen-bond donors (Lipinski definition) is 2. The van der Waals surface area contributed by atoms with Gasteiger partial charge in [0.25, 0.3) is 0 Å². The van der Waals surface area contributed by atoms with E-state index in [1.165, 1.54) is 53.3 Å². The van der Waals surface area contributed by atoms with E-state index in [0.29, 0.717) is 22.9 Å². The molecule has 4 aromatic heterocycles. The largest absolute Gasteiger partial charge is 0.375 e. The Morgan fingerprint density at radius 2 is 1.97 bits per heavy atom. The van der Waals surface area contributed by atoms with E-state index in [2.05, 4.69) is 35.9 Å². The van der Waals surface area contributed by atoms with Crippen molar-refractivity contribution < 1.29 is 13.9 Å². The molecule has 2 amide bonds. The number of rotatable bonds is 5. The first-order valence-electron chi connectivity index (χ1n) is 8.63. The topological polar surface area (TPSA) is 124 Å². The zero-order chi connectivity index (χ0) is 21.3. The Balaban J connectivity index is 1.57. The molecule has 0 aliphatic rings. The van der Waals surface area contributed by atoms with E-state index in [-0.39, 0.29) is 10.7 Å². The molecule has 154 valence electrons. The smallest absolute Gasteiger partial charge is 0.323 e. The number of hydrogen-bond acceptors (Lipinski definition) is 7. The van der Waals surface area contributed by atoms with Crippen LogP contribution in [0.3, 0.4) is 0 Å². The van der Waals surface area contributed by atoms with Crippen LogP contribution in [-0.2, 0) is 4.74 Å². The van der Waals surface area contributed by atoms with Gasteiger partial charge in [-0.05, 0) is 13.0 Å². The van der Waals surface area contributed by atoms with Gasteiger partial charge in [-0.3, -0.25) is 0 Å². The highest BCUT2D eigenvalue weighted by atomic mass is 35.5. The number of pyridine rings is 1. The molecule has 4 aromatic rings. The summed E-state index contributed by atoms with van der Waals surface area (Å²) in [7, 11) is 1.49. The summed E-state index contributed by atoms with van der Waals surface area (Å²) in [6.07, 6.45) is 5.30. The molecule has 0 radical (unpaired) electrons. The first kappa shape index (κ1) is 19.7. The van der Waals surface area contributed by atoms with Crippen molar-refractivity contribution >= 4 is 34.7 Å². The van der Waals surface area contributed by atoms with Crippen molar-refractivity contribution in [2.24, 2.45) is 0 Å². The molecule has 0 saturated heterocycles. The molecule has 0 aliphatic carbocycles. The van der Waals surface area contributed by atoms with Crippen molar-refractivity contribution in [2.75, 3.05) is 17.7 Å². The summed E-state index contributed by atoms with van der Waals surface area (Å²) in [6.45, 7) is 1.74. The summed E-state index contributed by atoms with van der Waals surface area (Å²) in [4.78, 5) is 22.0. The number of carbonyl (C=O) groups is 1. The third-order valence-corrected chi connectivity index (χ3v) is 4.44. The number of nitrogens with one attached hydrogen (secondary N) is 2. The number of amides is 2. The number of ether oxygens (including phenoxy) is 1. The van der Waals surface area contributed by atoms with Gasteiger partial charge in [0.1, 0.15) is 0 Å². The average Bonchev–Trinajstić information content (AvgIpc) is 3.36. The minimum Gasteiger partial charge on any atom is -0.375 e. The lowest BCUT2D eigenvalue weighted by Crippen LogP contribution is -2.22. The maximum Gasteiger partial charge on any atom is 0.323 e. The second kappa shape index (κ2) is 8.00. The normalized spacial score (nSPS) is 12.1. The van der Waals surface area contributed by atoms with E-state index >= 15 is 0 Å². The van der Waals surface area contributed by atoms with Crippen LogP contribution in [-0.4, -0.2) is 47.7 Å². The second-order valence-corrected chi connectivity index (χ2v) is 6.51. The molecule has 0 aliphatic heterocycles.